The van der Waals surface area contributed by atoms with Gasteiger partial charge in [0.05, 0.1) is 18.1 Å². The monoisotopic (exact) mass is 464 g/mol. The Morgan fingerprint density at radius 3 is 2.74 bits per heavy atom. The van der Waals surface area contributed by atoms with Gasteiger partial charge in [0.15, 0.2) is 5.69 Å². The Morgan fingerprint density at radius 1 is 1.15 bits per heavy atom. The number of amides is 1. The number of nitrogens with zero attached hydrogens (tertiary/aromatic N) is 1. The molecule has 34 heavy (non-hydrogen) atoms. The highest BCUT2D eigenvalue weighted by Gasteiger charge is 2.51. The van der Waals surface area contributed by atoms with Crippen LogP contribution in [-0.4, -0.2) is 40.7 Å². The van der Waals surface area contributed by atoms with Gasteiger partial charge in [-0.3, -0.25) is 9.59 Å². The number of unbranched alkanes of at least 4 members (excludes halogenated alkanes) is 3. The molecule has 2 aromatic rings. The molecular formula is C27H32N2O5. The van der Waals surface area contributed by atoms with Crippen LogP contribution in [-0.2, 0) is 22.4 Å². The number of rotatable bonds is 12. The van der Waals surface area contributed by atoms with Crippen molar-refractivity contribution >= 4 is 11.9 Å². The smallest absolute Gasteiger partial charge is 0.303 e. The van der Waals surface area contributed by atoms with E-state index in [-0.39, 0.29) is 36.4 Å². The number of aryl methyl sites for hydroxylation is 1. The van der Waals surface area contributed by atoms with Crippen LogP contribution >= 0.6 is 0 Å². The van der Waals surface area contributed by atoms with E-state index in [4.69, 9.17) is 20.7 Å². The second-order valence-corrected chi connectivity index (χ2v) is 9.19. The number of aromatic nitrogens is 1. The van der Waals surface area contributed by atoms with Gasteiger partial charge in [0.2, 0.25) is 5.89 Å². The minimum Gasteiger partial charge on any atom is -0.481 e. The van der Waals surface area contributed by atoms with Crippen molar-refractivity contribution < 1.29 is 23.8 Å². The number of carbonyl (C=O) groups is 2. The number of aliphatic carboxylic acids is 1. The lowest BCUT2D eigenvalue weighted by atomic mass is 9.75. The standard InChI is InChI=1S/C27H32N2O5/c1-2-3-4-5-8-15-28-26(32)21-17-33-27(29-21)25-20(22-12-13-23(25)34-22)16-19-10-7-6-9-18(19)11-14-24(30)31/h1,6-7,9-10,17,20,22-23,25H,3-5,8,11-16H2,(H,28,32)(H,30,31)/t20-,22+,23-,25+/m1/s1. The van der Waals surface area contributed by atoms with Crippen LogP contribution in [0.2, 0.25) is 0 Å². The maximum Gasteiger partial charge on any atom is 0.303 e. The Kier molecular flexibility index (Phi) is 8.02. The SMILES string of the molecule is C#CCCCCCNC(=O)c1coc([C@H]2[C@H](Cc3ccccc3CCC(=O)O)[C@@H]3CC[C@H]2O3)n1. The van der Waals surface area contributed by atoms with E-state index >= 15 is 0 Å². The molecule has 2 aliphatic rings. The zero-order valence-electron chi connectivity index (χ0n) is 19.4. The average Bonchev–Trinajstić information content (AvgIpc) is 3.57. The van der Waals surface area contributed by atoms with Gasteiger partial charge in [-0.05, 0) is 49.7 Å². The summed E-state index contributed by atoms with van der Waals surface area (Å²) in [7, 11) is 0. The molecule has 2 N–H and O–H groups in total. The highest BCUT2D eigenvalue weighted by Crippen LogP contribution is 2.49. The molecule has 2 aliphatic heterocycles. The molecular weight excluding hydrogens is 432 g/mol. The summed E-state index contributed by atoms with van der Waals surface area (Å²) >= 11 is 0. The molecule has 0 unspecified atom stereocenters. The second-order valence-electron chi connectivity index (χ2n) is 9.19. The number of hydrogen-bond donors (Lipinski definition) is 2. The molecule has 0 aliphatic carbocycles. The minimum atomic E-state index is -0.797. The van der Waals surface area contributed by atoms with Crippen molar-refractivity contribution in [2.75, 3.05) is 6.54 Å². The highest BCUT2D eigenvalue weighted by atomic mass is 16.5. The third-order valence-corrected chi connectivity index (χ3v) is 6.93. The fourth-order valence-electron chi connectivity index (χ4n) is 5.24. The van der Waals surface area contributed by atoms with E-state index in [1.807, 2.05) is 18.2 Å². The molecule has 2 bridgehead atoms. The van der Waals surface area contributed by atoms with Gasteiger partial charge in [0.25, 0.3) is 5.91 Å². The maximum absolute atomic E-state index is 12.5. The molecule has 1 aromatic carbocycles. The van der Waals surface area contributed by atoms with Crippen LogP contribution in [0.5, 0.6) is 0 Å². The number of carboxylic acid groups (broad SMARTS) is 1. The van der Waals surface area contributed by atoms with Crippen LogP contribution in [0.1, 0.15) is 78.4 Å². The Labute approximate surface area is 200 Å². The third-order valence-electron chi connectivity index (χ3n) is 6.93. The number of hydrogen-bond acceptors (Lipinski definition) is 5. The first kappa shape index (κ1) is 24.0. The number of fused-ring (bicyclic) bond motifs is 2. The van der Waals surface area contributed by atoms with Crippen molar-refractivity contribution in [3.63, 3.8) is 0 Å². The van der Waals surface area contributed by atoms with Gasteiger partial charge in [-0.2, -0.15) is 0 Å². The summed E-state index contributed by atoms with van der Waals surface area (Å²) in [6, 6.07) is 8.01. The van der Waals surface area contributed by atoms with Crippen LogP contribution in [0.4, 0.5) is 0 Å². The minimum absolute atomic E-state index is 0.0170. The molecule has 4 rings (SSSR count). The van der Waals surface area contributed by atoms with Crippen LogP contribution in [0.3, 0.4) is 0 Å². The summed E-state index contributed by atoms with van der Waals surface area (Å²) < 4.78 is 12.0. The Morgan fingerprint density at radius 2 is 1.94 bits per heavy atom. The molecule has 1 amide bonds. The van der Waals surface area contributed by atoms with Crippen molar-refractivity contribution in [3.8, 4) is 12.3 Å². The lowest BCUT2D eigenvalue weighted by Crippen LogP contribution is -2.28. The average molecular weight is 465 g/mol. The third kappa shape index (κ3) is 5.68. The topological polar surface area (TPSA) is 102 Å². The quantitative estimate of drug-likeness (QED) is 0.362. The van der Waals surface area contributed by atoms with E-state index in [0.29, 0.717) is 24.6 Å². The summed E-state index contributed by atoms with van der Waals surface area (Å²) in [4.78, 5) is 28.1. The molecule has 7 nitrogen and oxygen atoms in total. The first-order valence-electron chi connectivity index (χ1n) is 12.2. The highest BCUT2D eigenvalue weighted by molar-refractivity contribution is 5.91. The molecule has 1 aromatic heterocycles. The Hall–Kier alpha value is -3.11. The molecule has 7 heteroatoms. The molecule has 4 atom stereocenters. The summed E-state index contributed by atoms with van der Waals surface area (Å²) in [5.74, 6) is 2.31. The van der Waals surface area contributed by atoms with Crippen LogP contribution in [0, 0.1) is 18.3 Å². The van der Waals surface area contributed by atoms with Crippen molar-refractivity contribution in [2.24, 2.45) is 5.92 Å². The number of benzene rings is 1. The van der Waals surface area contributed by atoms with E-state index < -0.39 is 5.97 Å². The normalized spacial score (nSPS) is 23.0. The zero-order chi connectivity index (χ0) is 23.9. The van der Waals surface area contributed by atoms with Gasteiger partial charge in [-0.1, -0.05) is 30.7 Å². The molecule has 3 heterocycles. The molecule has 2 fully saturated rings. The number of terminal acetylenes is 1. The van der Waals surface area contributed by atoms with E-state index in [2.05, 4.69) is 22.3 Å². The van der Waals surface area contributed by atoms with E-state index in [1.165, 1.54) is 6.26 Å². The van der Waals surface area contributed by atoms with Gasteiger partial charge in [0, 0.05) is 25.3 Å². The van der Waals surface area contributed by atoms with Gasteiger partial charge in [0.1, 0.15) is 6.26 Å². The number of oxazole rings is 1. The molecule has 2 saturated heterocycles. The first-order valence-corrected chi connectivity index (χ1v) is 12.2. The zero-order valence-corrected chi connectivity index (χ0v) is 19.4. The van der Waals surface area contributed by atoms with Crippen molar-refractivity contribution in [3.05, 3.63) is 53.2 Å². The van der Waals surface area contributed by atoms with Crippen LogP contribution < -0.4 is 5.32 Å². The van der Waals surface area contributed by atoms with Crippen molar-refractivity contribution in [1.82, 2.24) is 10.3 Å². The lowest BCUT2D eigenvalue weighted by Gasteiger charge is -2.26. The van der Waals surface area contributed by atoms with E-state index in [1.54, 1.807) is 0 Å². The van der Waals surface area contributed by atoms with Crippen LogP contribution in [0.25, 0.3) is 0 Å². The summed E-state index contributed by atoms with van der Waals surface area (Å²) in [6.45, 7) is 0.582. The predicted octanol–water partition coefficient (Wildman–Crippen LogP) is 4.12. The van der Waals surface area contributed by atoms with Crippen molar-refractivity contribution in [1.29, 1.82) is 0 Å². The molecule has 180 valence electrons. The molecule has 0 radical (unpaired) electrons. The lowest BCUT2D eigenvalue weighted by molar-refractivity contribution is -0.136. The van der Waals surface area contributed by atoms with E-state index in [0.717, 1.165) is 56.1 Å². The number of carboxylic acids is 1. The van der Waals surface area contributed by atoms with Gasteiger partial charge in [-0.25, -0.2) is 4.98 Å². The van der Waals surface area contributed by atoms with Gasteiger partial charge >= 0.3 is 5.97 Å². The van der Waals surface area contributed by atoms with Crippen LogP contribution in [0.15, 0.2) is 34.9 Å². The fraction of sp³-hybridized carbons (Fsp3) is 0.519. The fourth-order valence-corrected chi connectivity index (χ4v) is 5.24. The second kappa shape index (κ2) is 11.3. The van der Waals surface area contributed by atoms with Gasteiger partial charge in [-0.15, -0.1) is 12.3 Å². The molecule has 0 spiro atoms. The predicted molar refractivity (Wildman–Crippen MR) is 126 cm³/mol. The largest absolute Gasteiger partial charge is 0.481 e. The maximum atomic E-state index is 12.5. The number of ether oxygens (including phenoxy) is 1. The Balaban J connectivity index is 1.41. The van der Waals surface area contributed by atoms with Gasteiger partial charge < -0.3 is 19.6 Å². The summed E-state index contributed by atoms with van der Waals surface area (Å²) in [5.41, 5.74) is 2.49. The molecule has 0 saturated carbocycles. The van der Waals surface area contributed by atoms with E-state index in [9.17, 15) is 9.59 Å². The Bertz CT molecular complexity index is 1040. The number of carbonyl (C=O) groups excluding carboxylic acids is 1. The summed E-state index contributed by atoms with van der Waals surface area (Å²) in [6.07, 6.45) is 13.8. The number of nitrogens with one attached hydrogen (secondary N) is 1. The summed E-state index contributed by atoms with van der Waals surface area (Å²) in [5, 5.41) is 12.0. The van der Waals surface area contributed by atoms with Crippen molar-refractivity contribution in [2.45, 2.75) is 75.9 Å². The first-order chi connectivity index (χ1) is 16.6.